The van der Waals surface area contributed by atoms with Gasteiger partial charge in [0.1, 0.15) is 5.52 Å². The standard InChI is InChI=1S/C24H27N5S/c1-18-10-11-21-20(16-18)22-23(29(21)17-19-8-4-2-5-9-19)25-24(27-26-22)30-15-14-28-12-6-3-7-13-28/h2,4-5,8-11,16H,3,6-7,12-15,17H2,1H3. The van der Waals surface area contributed by atoms with Crippen LogP contribution in [0.3, 0.4) is 0 Å². The van der Waals surface area contributed by atoms with Crippen LogP contribution in [0.5, 0.6) is 0 Å². The summed E-state index contributed by atoms with van der Waals surface area (Å²) < 4.78 is 2.28. The molecule has 0 unspecified atom stereocenters. The Hall–Kier alpha value is -2.44. The Labute approximate surface area is 181 Å². The Morgan fingerprint density at radius 1 is 0.967 bits per heavy atom. The summed E-state index contributed by atoms with van der Waals surface area (Å²) in [5, 5.41) is 11.0. The van der Waals surface area contributed by atoms with Gasteiger partial charge in [-0.2, -0.15) is 0 Å². The fourth-order valence-corrected chi connectivity index (χ4v) is 5.07. The van der Waals surface area contributed by atoms with Crippen LogP contribution in [0.15, 0.2) is 53.7 Å². The topological polar surface area (TPSA) is 46.8 Å². The summed E-state index contributed by atoms with van der Waals surface area (Å²) in [4.78, 5) is 7.51. The molecule has 0 saturated carbocycles. The van der Waals surface area contributed by atoms with Crippen molar-refractivity contribution in [2.45, 2.75) is 37.9 Å². The van der Waals surface area contributed by atoms with Crippen LogP contribution in [0.1, 0.15) is 30.4 Å². The number of fused-ring (bicyclic) bond motifs is 3. The summed E-state index contributed by atoms with van der Waals surface area (Å²) >= 11 is 1.72. The molecule has 0 bridgehead atoms. The van der Waals surface area contributed by atoms with Crippen LogP contribution < -0.4 is 0 Å². The van der Waals surface area contributed by atoms with Crippen LogP contribution in [0.4, 0.5) is 0 Å². The number of aromatic nitrogens is 4. The van der Waals surface area contributed by atoms with E-state index in [0.29, 0.717) is 0 Å². The smallest absolute Gasteiger partial charge is 0.211 e. The molecule has 0 atom stereocenters. The van der Waals surface area contributed by atoms with Gasteiger partial charge in [0, 0.05) is 24.2 Å². The number of hydrogen-bond acceptors (Lipinski definition) is 5. The van der Waals surface area contributed by atoms with Gasteiger partial charge in [-0.1, -0.05) is 60.1 Å². The maximum absolute atomic E-state index is 4.95. The summed E-state index contributed by atoms with van der Waals surface area (Å²) in [6, 6.07) is 17.1. The van der Waals surface area contributed by atoms with Gasteiger partial charge in [-0.3, -0.25) is 0 Å². The molecule has 1 fully saturated rings. The Morgan fingerprint density at radius 2 is 1.80 bits per heavy atom. The minimum Gasteiger partial charge on any atom is -0.319 e. The van der Waals surface area contributed by atoms with E-state index in [9.17, 15) is 0 Å². The SMILES string of the molecule is Cc1ccc2c(c1)c1nnc(SCCN3CCCCC3)nc1n2Cc1ccccc1. The van der Waals surface area contributed by atoms with Crippen LogP contribution in [-0.4, -0.2) is 50.0 Å². The number of likely N-dealkylation sites (tertiary alicyclic amines) is 1. The highest BCUT2D eigenvalue weighted by Crippen LogP contribution is 2.29. The third kappa shape index (κ3) is 4.07. The van der Waals surface area contributed by atoms with Gasteiger partial charge in [-0.25, -0.2) is 4.98 Å². The van der Waals surface area contributed by atoms with E-state index in [1.807, 2.05) is 0 Å². The number of aryl methyl sites for hydroxylation is 1. The van der Waals surface area contributed by atoms with E-state index in [1.165, 1.54) is 43.5 Å². The van der Waals surface area contributed by atoms with E-state index in [-0.39, 0.29) is 0 Å². The van der Waals surface area contributed by atoms with Gasteiger partial charge >= 0.3 is 0 Å². The Bertz CT molecular complexity index is 1150. The van der Waals surface area contributed by atoms with Crippen molar-refractivity contribution in [1.82, 2.24) is 24.6 Å². The second-order valence-corrected chi connectivity index (χ2v) is 9.17. The van der Waals surface area contributed by atoms with Crippen LogP contribution in [0.2, 0.25) is 0 Å². The fraction of sp³-hybridized carbons (Fsp3) is 0.375. The predicted molar refractivity (Wildman–Crippen MR) is 124 cm³/mol. The van der Waals surface area contributed by atoms with Gasteiger partial charge in [0.15, 0.2) is 5.65 Å². The first kappa shape index (κ1) is 19.5. The predicted octanol–water partition coefficient (Wildman–Crippen LogP) is 4.91. The normalized spacial score (nSPS) is 15.2. The van der Waals surface area contributed by atoms with Crippen molar-refractivity contribution < 1.29 is 0 Å². The molecule has 0 spiro atoms. The summed E-state index contributed by atoms with van der Waals surface area (Å²) in [6.45, 7) is 6.44. The lowest BCUT2D eigenvalue weighted by Gasteiger charge is -2.25. The van der Waals surface area contributed by atoms with Crippen molar-refractivity contribution in [3.8, 4) is 0 Å². The van der Waals surface area contributed by atoms with Crippen molar-refractivity contribution in [2.75, 3.05) is 25.4 Å². The molecule has 5 rings (SSSR count). The number of hydrogen-bond donors (Lipinski definition) is 0. The molecule has 0 amide bonds. The highest BCUT2D eigenvalue weighted by atomic mass is 32.2. The lowest BCUT2D eigenvalue weighted by molar-refractivity contribution is 0.242. The van der Waals surface area contributed by atoms with E-state index in [0.717, 1.165) is 46.1 Å². The van der Waals surface area contributed by atoms with Gasteiger partial charge in [-0.05, 0) is 50.6 Å². The first-order chi connectivity index (χ1) is 14.8. The van der Waals surface area contributed by atoms with Gasteiger partial charge in [0.05, 0.1) is 5.52 Å². The molecule has 0 aliphatic carbocycles. The summed E-state index contributed by atoms with van der Waals surface area (Å²) in [5.74, 6) is 1.01. The monoisotopic (exact) mass is 417 g/mol. The van der Waals surface area contributed by atoms with Crippen LogP contribution in [0, 0.1) is 6.92 Å². The minimum absolute atomic E-state index is 0.772. The lowest BCUT2D eigenvalue weighted by atomic mass is 10.1. The lowest BCUT2D eigenvalue weighted by Crippen LogP contribution is -2.31. The molecule has 2 aromatic carbocycles. The third-order valence-electron chi connectivity index (χ3n) is 5.87. The molecule has 3 heterocycles. The highest BCUT2D eigenvalue weighted by molar-refractivity contribution is 7.99. The zero-order valence-corrected chi connectivity index (χ0v) is 18.2. The Kier molecular flexibility index (Phi) is 5.69. The molecular weight excluding hydrogens is 390 g/mol. The van der Waals surface area contributed by atoms with Crippen molar-refractivity contribution in [3.05, 3.63) is 59.7 Å². The number of thioether (sulfide) groups is 1. The van der Waals surface area contributed by atoms with E-state index in [2.05, 4.69) is 75.1 Å². The second-order valence-electron chi connectivity index (χ2n) is 8.11. The summed E-state index contributed by atoms with van der Waals surface area (Å²) in [5.41, 5.74) is 5.47. The summed E-state index contributed by atoms with van der Waals surface area (Å²) in [7, 11) is 0. The Morgan fingerprint density at radius 3 is 2.63 bits per heavy atom. The fourth-order valence-electron chi connectivity index (χ4n) is 4.29. The van der Waals surface area contributed by atoms with E-state index < -0.39 is 0 Å². The van der Waals surface area contributed by atoms with Gasteiger partial charge in [-0.15, -0.1) is 10.2 Å². The zero-order chi connectivity index (χ0) is 20.3. The summed E-state index contributed by atoms with van der Waals surface area (Å²) in [6.07, 6.45) is 4.03. The number of piperidine rings is 1. The molecule has 1 aliphatic heterocycles. The first-order valence-electron chi connectivity index (χ1n) is 10.8. The van der Waals surface area contributed by atoms with Crippen LogP contribution in [0.25, 0.3) is 22.1 Å². The average Bonchev–Trinajstić information content (AvgIpc) is 3.07. The first-order valence-corrected chi connectivity index (χ1v) is 11.8. The van der Waals surface area contributed by atoms with Gasteiger partial charge in [0.25, 0.3) is 0 Å². The molecule has 6 heteroatoms. The molecule has 5 nitrogen and oxygen atoms in total. The molecule has 154 valence electrons. The van der Waals surface area contributed by atoms with Crippen LogP contribution in [-0.2, 0) is 6.54 Å². The average molecular weight is 418 g/mol. The maximum Gasteiger partial charge on any atom is 0.211 e. The molecule has 0 N–H and O–H groups in total. The van der Waals surface area contributed by atoms with Crippen molar-refractivity contribution in [2.24, 2.45) is 0 Å². The van der Waals surface area contributed by atoms with Crippen molar-refractivity contribution in [1.29, 1.82) is 0 Å². The van der Waals surface area contributed by atoms with E-state index in [4.69, 9.17) is 4.98 Å². The highest BCUT2D eigenvalue weighted by Gasteiger charge is 2.16. The second kappa shape index (κ2) is 8.74. The largest absolute Gasteiger partial charge is 0.319 e. The van der Waals surface area contributed by atoms with Crippen molar-refractivity contribution in [3.63, 3.8) is 0 Å². The third-order valence-corrected chi connectivity index (χ3v) is 6.69. The maximum atomic E-state index is 4.95. The molecular formula is C24H27N5S. The quantitative estimate of drug-likeness (QED) is 0.417. The molecule has 1 saturated heterocycles. The molecule has 4 aromatic rings. The minimum atomic E-state index is 0.772. The number of nitrogens with zero attached hydrogens (tertiary/aromatic N) is 5. The van der Waals surface area contributed by atoms with Gasteiger partial charge in [0.2, 0.25) is 5.16 Å². The van der Waals surface area contributed by atoms with Crippen LogP contribution >= 0.6 is 11.8 Å². The molecule has 1 aliphatic rings. The molecule has 30 heavy (non-hydrogen) atoms. The molecule has 0 radical (unpaired) electrons. The molecule has 2 aromatic heterocycles. The van der Waals surface area contributed by atoms with E-state index in [1.54, 1.807) is 11.8 Å². The van der Waals surface area contributed by atoms with E-state index >= 15 is 0 Å². The van der Waals surface area contributed by atoms with Gasteiger partial charge < -0.3 is 9.47 Å². The zero-order valence-electron chi connectivity index (χ0n) is 17.4. The number of benzene rings is 2. The number of rotatable bonds is 6. The Balaban J connectivity index is 1.46. The van der Waals surface area contributed by atoms with Crippen molar-refractivity contribution >= 4 is 33.8 Å².